The fourth-order valence-corrected chi connectivity index (χ4v) is 3.61. The number of amides is 1. The van der Waals surface area contributed by atoms with E-state index in [2.05, 4.69) is 17.9 Å². The number of esters is 1. The van der Waals surface area contributed by atoms with Gasteiger partial charge in [-0.25, -0.2) is 9.18 Å². The van der Waals surface area contributed by atoms with Gasteiger partial charge in [-0.2, -0.15) is 0 Å². The maximum Gasteiger partial charge on any atom is 0.340 e. The molecule has 1 spiro atoms. The van der Waals surface area contributed by atoms with E-state index in [0.717, 1.165) is 24.8 Å². The van der Waals surface area contributed by atoms with Crippen molar-refractivity contribution in [2.24, 2.45) is 0 Å². The fraction of sp³-hybridized carbons (Fsp3) is 0.333. The molecule has 0 unspecified atom stereocenters. The second kappa shape index (κ2) is 9.50. The molecule has 0 bridgehead atoms. The highest BCUT2D eigenvalue weighted by Crippen LogP contribution is 2.52. The Morgan fingerprint density at radius 2 is 1.93 bits per heavy atom. The van der Waals surface area contributed by atoms with Crippen molar-refractivity contribution < 1.29 is 18.7 Å². The van der Waals surface area contributed by atoms with E-state index in [9.17, 15) is 14.0 Å². The van der Waals surface area contributed by atoms with Crippen LogP contribution in [0.3, 0.4) is 0 Å². The van der Waals surface area contributed by atoms with E-state index in [1.165, 1.54) is 19.2 Å². The smallest absolute Gasteiger partial charge is 0.340 e. The number of hydrogen-bond donors (Lipinski definition) is 3. The third-order valence-electron chi connectivity index (χ3n) is 4.87. The number of carbonyl (C=O) groups is 2. The summed E-state index contributed by atoms with van der Waals surface area (Å²) in [4.78, 5) is 24.1. The van der Waals surface area contributed by atoms with Crippen molar-refractivity contribution in [2.75, 3.05) is 18.2 Å². The summed E-state index contributed by atoms with van der Waals surface area (Å²) in [5.74, 6) is -0.888. The SMILES string of the molecule is CC.COC(=O)c1cc(N)cc2c1NC(=O)C21CCC1.Fc1cc(Cl)ccc1S. The van der Waals surface area contributed by atoms with Gasteiger partial charge in [0.1, 0.15) is 5.82 Å². The predicted octanol–water partition coefficient (Wildman–Crippen LogP) is 5.22. The molecule has 5 nitrogen and oxygen atoms in total. The summed E-state index contributed by atoms with van der Waals surface area (Å²) in [6, 6.07) is 7.67. The topological polar surface area (TPSA) is 81.4 Å². The quantitative estimate of drug-likeness (QED) is 0.324. The van der Waals surface area contributed by atoms with Crippen LogP contribution in [-0.2, 0) is 14.9 Å². The zero-order valence-corrected chi connectivity index (χ0v) is 18.2. The molecule has 29 heavy (non-hydrogen) atoms. The minimum atomic E-state index is -0.477. The minimum Gasteiger partial charge on any atom is -0.465 e. The average molecular weight is 439 g/mol. The number of anilines is 2. The second-order valence-corrected chi connectivity index (χ2v) is 7.39. The Bertz CT molecular complexity index is 932. The van der Waals surface area contributed by atoms with Crippen LogP contribution in [0.2, 0.25) is 5.02 Å². The van der Waals surface area contributed by atoms with Crippen molar-refractivity contribution in [1.82, 2.24) is 0 Å². The number of nitrogen functional groups attached to an aromatic ring is 1. The molecule has 1 saturated carbocycles. The Morgan fingerprint density at radius 3 is 2.41 bits per heavy atom. The van der Waals surface area contributed by atoms with E-state index >= 15 is 0 Å². The number of nitrogens with two attached hydrogens (primary N) is 1. The average Bonchev–Trinajstić information content (AvgIpc) is 2.97. The van der Waals surface area contributed by atoms with Gasteiger partial charge in [0.15, 0.2) is 0 Å². The van der Waals surface area contributed by atoms with Gasteiger partial charge in [-0.05, 0) is 48.7 Å². The van der Waals surface area contributed by atoms with Crippen LogP contribution >= 0.6 is 24.2 Å². The van der Waals surface area contributed by atoms with E-state index in [-0.39, 0.29) is 11.7 Å². The molecule has 1 aliphatic carbocycles. The summed E-state index contributed by atoms with van der Waals surface area (Å²) in [5.41, 5.74) is 7.60. The first-order valence-electron chi connectivity index (χ1n) is 9.26. The Kier molecular flexibility index (Phi) is 7.54. The standard InChI is InChI=1S/C13H14N2O3.C6H4ClFS.C2H6/c1-18-11(16)8-5-7(14)6-9-10(8)15-12(17)13(9)3-2-4-13;7-4-1-2-6(9)5(8)3-4;1-2/h5-6H,2-4,14H2,1H3,(H,15,17);1-3,9H;1-2H3. The molecule has 0 aromatic heterocycles. The normalized spacial score (nSPS) is 15.0. The molecule has 0 radical (unpaired) electrons. The molecule has 156 valence electrons. The van der Waals surface area contributed by atoms with E-state index in [1.54, 1.807) is 18.2 Å². The molecule has 2 aromatic rings. The Hall–Kier alpha value is -2.25. The van der Waals surface area contributed by atoms with Gasteiger partial charge < -0.3 is 15.8 Å². The number of ether oxygens (including phenoxy) is 1. The maximum absolute atomic E-state index is 12.4. The van der Waals surface area contributed by atoms with Crippen molar-refractivity contribution in [3.8, 4) is 0 Å². The van der Waals surface area contributed by atoms with Crippen LogP contribution in [0.15, 0.2) is 35.2 Å². The predicted molar refractivity (Wildman–Crippen MR) is 116 cm³/mol. The van der Waals surface area contributed by atoms with Gasteiger partial charge in [-0.1, -0.05) is 31.9 Å². The summed E-state index contributed by atoms with van der Waals surface area (Å²) in [5, 5.41) is 3.20. The fourth-order valence-electron chi connectivity index (χ4n) is 3.31. The number of benzene rings is 2. The molecular weight excluding hydrogens is 415 g/mol. The molecule has 3 N–H and O–H groups in total. The van der Waals surface area contributed by atoms with Crippen molar-refractivity contribution in [3.63, 3.8) is 0 Å². The molecule has 2 aromatic carbocycles. The van der Waals surface area contributed by atoms with Crippen molar-refractivity contribution in [3.05, 3.63) is 52.3 Å². The lowest BCUT2D eigenvalue weighted by Crippen LogP contribution is -2.40. The summed E-state index contributed by atoms with van der Waals surface area (Å²) < 4.78 is 17.1. The first kappa shape index (κ1) is 23.0. The number of rotatable bonds is 1. The number of nitrogens with one attached hydrogen (secondary N) is 1. The van der Waals surface area contributed by atoms with Gasteiger partial charge >= 0.3 is 5.97 Å². The van der Waals surface area contributed by atoms with Crippen LogP contribution in [0.5, 0.6) is 0 Å². The first-order valence-corrected chi connectivity index (χ1v) is 10.1. The van der Waals surface area contributed by atoms with E-state index in [4.69, 9.17) is 22.1 Å². The molecule has 4 rings (SSSR count). The second-order valence-electron chi connectivity index (χ2n) is 6.47. The molecule has 2 aliphatic rings. The van der Waals surface area contributed by atoms with Crippen LogP contribution in [0.25, 0.3) is 0 Å². The van der Waals surface area contributed by atoms with Gasteiger partial charge in [0.2, 0.25) is 5.91 Å². The van der Waals surface area contributed by atoms with Gasteiger partial charge in [0.05, 0.1) is 23.8 Å². The molecular formula is C21H24ClFN2O3S. The van der Waals surface area contributed by atoms with Gasteiger partial charge in [-0.15, -0.1) is 12.6 Å². The highest BCUT2D eigenvalue weighted by atomic mass is 35.5. The summed E-state index contributed by atoms with van der Waals surface area (Å²) >= 11 is 9.25. The third-order valence-corrected chi connectivity index (χ3v) is 5.47. The van der Waals surface area contributed by atoms with Crippen molar-refractivity contribution >= 4 is 47.5 Å². The molecule has 1 aliphatic heterocycles. The minimum absolute atomic E-state index is 0.0282. The number of thiol groups is 1. The lowest BCUT2D eigenvalue weighted by Gasteiger charge is -2.36. The summed E-state index contributed by atoms with van der Waals surface area (Å²) in [6.45, 7) is 4.00. The first-order chi connectivity index (χ1) is 13.8. The van der Waals surface area contributed by atoms with Crippen molar-refractivity contribution in [2.45, 2.75) is 43.4 Å². The largest absolute Gasteiger partial charge is 0.465 e. The molecule has 8 heteroatoms. The van der Waals surface area contributed by atoms with Crippen LogP contribution in [0.4, 0.5) is 15.8 Å². The summed E-state index contributed by atoms with van der Waals surface area (Å²) in [7, 11) is 1.31. The van der Waals surface area contributed by atoms with E-state index in [1.807, 2.05) is 13.8 Å². The van der Waals surface area contributed by atoms with Crippen molar-refractivity contribution in [1.29, 1.82) is 0 Å². The van der Waals surface area contributed by atoms with Crippen LogP contribution in [-0.4, -0.2) is 19.0 Å². The van der Waals surface area contributed by atoms with E-state index < -0.39 is 11.4 Å². The molecule has 0 atom stereocenters. The molecule has 1 heterocycles. The van der Waals surface area contributed by atoms with Crippen LogP contribution < -0.4 is 11.1 Å². The number of halogens is 2. The number of fused-ring (bicyclic) bond motifs is 2. The summed E-state index contributed by atoms with van der Waals surface area (Å²) in [6.07, 6.45) is 2.65. The lowest BCUT2D eigenvalue weighted by molar-refractivity contribution is -0.123. The monoisotopic (exact) mass is 438 g/mol. The number of hydrogen-bond acceptors (Lipinski definition) is 5. The Labute approximate surface area is 180 Å². The highest BCUT2D eigenvalue weighted by Gasteiger charge is 2.52. The van der Waals surface area contributed by atoms with Gasteiger partial charge in [0, 0.05) is 15.6 Å². The van der Waals surface area contributed by atoms with Crippen LogP contribution in [0.1, 0.15) is 49.0 Å². The number of carbonyl (C=O) groups excluding carboxylic acids is 2. The highest BCUT2D eigenvalue weighted by molar-refractivity contribution is 7.80. The van der Waals surface area contributed by atoms with E-state index in [0.29, 0.717) is 26.9 Å². The molecule has 1 amide bonds. The zero-order valence-electron chi connectivity index (χ0n) is 16.5. The molecule has 0 saturated heterocycles. The van der Waals surface area contributed by atoms with Gasteiger partial charge in [0.25, 0.3) is 0 Å². The molecule has 1 fully saturated rings. The lowest BCUT2D eigenvalue weighted by atomic mass is 9.65. The van der Waals surface area contributed by atoms with Crippen LogP contribution in [0, 0.1) is 5.82 Å². The number of methoxy groups -OCH3 is 1. The Balaban J connectivity index is 0.000000231. The Morgan fingerprint density at radius 1 is 1.28 bits per heavy atom. The maximum atomic E-state index is 12.4. The zero-order chi connectivity index (χ0) is 21.8. The third kappa shape index (κ3) is 4.51. The van der Waals surface area contributed by atoms with Gasteiger partial charge in [-0.3, -0.25) is 4.79 Å².